The number of hydrogen-bond acceptors (Lipinski definition) is 10. The van der Waals surface area contributed by atoms with Crippen molar-refractivity contribution in [2.45, 2.75) is 24.6 Å². The number of amides is 2. The molecule has 1 N–H and O–H groups in total. The van der Waals surface area contributed by atoms with Crippen LogP contribution in [0.4, 0.5) is 10.9 Å². The minimum atomic E-state index is -0.185. The Morgan fingerprint density at radius 1 is 1.18 bits per heavy atom. The maximum Gasteiger partial charge on any atom is 0.236 e. The van der Waals surface area contributed by atoms with Gasteiger partial charge in [-0.25, -0.2) is 0 Å². The molecule has 4 rings (SSSR count). The van der Waals surface area contributed by atoms with Gasteiger partial charge in [0, 0.05) is 32.2 Å². The molecule has 0 bridgehead atoms. The highest BCUT2D eigenvalue weighted by Crippen LogP contribution is 2.29. The number of benzene rings is 1. The zero-order valence-electron chi connectivity index (χ0n) is 19.0. The number of aryl methyl sites for hydroxylation is 1. The molecule has 0 saturated carbocycles. The number of ether oxygens (including phenoxy) is 1. The number of carbonyl (C=O) groups excluding carboxylic acids is 2. The summed E-state index contributed by atoms with van der Waals surface area (Å²) in [7, 11) is 0. The van der Waals surface area contributed by atoms with E-state index in [0.717, 1.165) is 20.8 Å². The van der Waals surface area contributed by atoms with Crippen molar-refractivity contribution in [1.82, 2.24) is 20.3 Å². The molecule has 1 aliphatic heterocycles. The van der Waals surface area contributed by atoms with Gasteiger partial charge in [-0.1, -0.05) is 40.4 Å². The van der Waals surface area contributed by atoms with Crippen molar-refractivity contribution in [3.05, 3.63) is 41.7 Å². The summed E-state index contributed by atoms with van der Waals surface area (Å²) in [5.41, 5.74) is 0.976. The number of thioether (sulfide) groups is 1. The molecule has 1 fully saturated rings. The van der Waals surface area contributed by atoms with Crippen LogP contribution in [0.2, 0.25) is 0 Å². The lowest BCUT2D eigenvalue weighted by molar-refractivity contribution is -0.130. The normalized spacial score (nSPS) is 13.7. The number of nitrogens with zero attached hydrogens (tertiary/aromatic N) is 5. The topological polar surface area (TPSA) is 114 Å². The third kappa shape index (κ3) is 6.48. The minimum absolute atomic E-state index is 0.116. The molecule has 3 heterocycles. The number of hydrogen-bond donors (Lipinski definition) is 1. The Hall–Kier alpha value is -3.12. The van der Waals surface area contributed by atoms with E-state index in [4.69, 9.17) is 9.26 Å². The summed E-state index contributed by atoms with van der Waals surface area (Å²) in [5.74, 6) is 1.98. The van der Waals surface area contributed by atoms with Crippen LogP contribution in [-0.2, 0) is 16.0 Å². The van der Waals surface area contributed by atoms with Crippen LogP contribution in [0.5, 0.6) is 5.75 Å². The third-order valence-electron chi connectivity index (χ3n) is 5.11. The Morgan fingerprint density at radius 3 is 2.62 bits per heavy atom. The van der Waals surface area contributed by atoms with Crippen molar-refractivity contribution >= 4 is 45.9 Å². The fourth-order valence-corrected chi connectivity index (χ4v) is 5.12. The Bertz CT molecular complexity index is 1110. The van der Waals surface area contributed by atoms with Crippen molar-refractivity contribution in [2.75, 3.05) is 48.8 Å². The van der Waals surface area contributed by atoms with Crippen molar-refractivity contribution in [3.8, 4) is 5.75 Å². The van der Waals surface area contributed by atoms with Crippen molar-refractivity contribution in [3.63, 3.8) is 0 Å². The van der Waals surface area contributed by atoms with Gasteiger partial charge in [-0.15, -0.1) is 10.2 Å². The molecule has 34 heavy (non-hydrogen) atoms. The average molecular weight is 503 g/mol. The Balaban J connectivity index is 1.21. The molecule has 0 spiro atoms. The first-order chi connectivity index (χ1) is 16.5. The number of aromatic nitrogens is 3. The number of anilines is 2. The van der Waals surface area contributed by atoms with E-state index in [0.29, 0.717) is 50.8 Å². The molecule has 1 saturated heterocycles. The molecule has 0 unspecified atom stereocenters. The molecule has 0 aliphatic carbocycles. The van der Waals surface area contributed by atoms with E-state index >= 15 is 0 Å². The first-order valence-electron chi connectivity index (χ1n) is 10.9. The number of nitrogens with one attached hydrogen (secondary N) is 1. The molecule has 1 aromatic carbocycles. The van der Waals surface area contributed by atoms with E-state index in [-0.39, 0.29) is 17.6 Å². The van der Waals surface area contributed by atoms with E-state index in [1.165, 1.54) is 23.1 Å². The van der Waals surface area contributed by atoms with E-state index in [1.54, 1.807) is 13.0 Å². The van der Waals surface area contributed by atoms with Crippen LogP contribution >= 0.6 is 23.1 Å². The summed E-state index contributed by atoms with van der Waals surface area (Å²) in [6.45, 7) is 6.99. The van der Waals surface area contributed by atoms with Gasteiger partial charge in [0.05, 0.1) is 18.8 Å². The standard InChI is InChI=1S/C22H26N6O4S2/c1-3-31-17-6-4-16(5-7-17)13-20(30)27-8-10-28(11-9-27)21-24-25-22(34-21)33-14-19(29)23-18-12-15(2)32-26-18/h4-7,12H,3,8-11,13-14H2,1-2H3,(H,23,26,29). The largest absolute Gasteiger partial charge is 0.494 e. The molecule has 0 radical (unpaired) electrons. The van der Waals surface area contributed by atoms with Crippen LogP contribution in [0, 0.1) is 6.92 Å². The minimum Gasteiger partial charge on any atom is -0.494 e. The van der Waals surface area contributed by atoms with E-state index < -0.39 is 0 Å². The SMILES string of the molecule is CCOc1ccc(CC(=O)N2CCN(c3nnc(SCC(=O)Nc4cc(C)on4)s3)CC2)cc1. The highest BCUT2D eigenvalue weighted by atomic mass is 32.2. The quantitative estimate of drug-likeness (QED) is 0.441. The smallest absolute Gasteiger partial charge is 0.236 e. The van der Waals surface area contributed by atoms with Gasteiger partial charge in [0.15, 0.2) is 10.2 Å². The fourth-order valence-electron chi connectivity index (χ4n) is 3.42. The second-order valence-electron chi connectivity index (χ2n) is 7.63. The van der Waals surface area contributed by atoms with Gasteiger partial charge >= 0.3 is 0 Å². The van der Waals surface area contributed by atoms with Crippen LogP contribution in [-0.4, -0.2) is 70.6 Å². The maximum absolute atomic E-state index is 12.7. The first-order valence-corrected chi connectivity index (χ1v) is 12.7. The maximum atomic E-state index is 12.7. The number of piperazine rings is 1. The molecule has 180 valence electrons. The molecular formula is C22H26N6O4S2. The summed E-state index contributed by atoms with van der Waals surface area (Å²) in [6.07, 6.45) is 0.377. The Labute approximate surface area is 205 Å². The summed E-state index contributed by atoms with van der Waals surface area (Å²) in [6, 6.07) is 9.33. The molecule has 1 aliphatic rings. The summed E-state index contributed by atoms with van der Waals surface area (Å²) in [5, 5.41) is 15.7. The molecule has 2 aromatic heterocycles. The second kappa shape index (κ2) is 11.3. The average Bonchev–Trinajstić information content (AvgIpc) is 3.48. The predicted octanol–water partition coefficient (Wildman–Crippen LogP) is 2.86. The van der Waals surface area contributed by atoms with Crippen LogP contribution in [0.25, 0.3) is 0 Å². The lowest BCUT2D eigenvalue weighted by Crippen LogP contribution is -2.49. The molecular weight excluding hydrogens is 476 g/mol. The van der Waals surface area contributed by atoms with E-state index in [1.807, 2.05) is 36.1 Å². The molecule has 2 amide bonds. The van der Waals surface area contributed by atoms with Gasteiger partial charge in [-0.05, 0) is 31.5 Å². The van der Waals surface area contributed by atoms with Crippen LogP contribution in [0.15, 0.2) is 39.2 Å². The predicted molar refractivity (Wildman–Crippen MR) is 131 cm³/mol. The van der Waals surface area contributed by atoms with Crippen molar-refractivity contribution in [2.24, 2.45) is 0 Å². The molecule has 3 aromatic rings. The number of carbonyl (C=O) groups is 2. The monoisotopic (exact) mass is 502 g/mol. The van der Waals surface area contributed by atoms with E-state index in [2.05, 4.69) is 25.6 Å². The first kappa shape index (κ1) is 24.0. The zero-order valence-corrected chi connectivity index (χ0v) is 20.7. The van der Waals surface area contributed by atoms with Crippen LogP contribution in [0.3, 0.4) is 0 Å². The summed E-state index contributed by atoms with van der Waals surface area (Å²) >= 11 is 2.77. The van der Waals surface area contributed by atoms with Crippen LogP contribution < -0.4 is 15.0 Å². The zero-order chi connectivity index (χ0) is 23.9. The number of rotatable bonds is 9. The van der Waals surface area contributed by atoms with Gasteiger partial charge in [0.25, 0.3) is 0 Å². The lowest BCUT2D eigenvalue weighted by atomic mass is 10.1. The molecule has 0 atom stereocenters. The van der Waals surface area contributed by atoms with Crippen molar-refractivity contribution in [1.29, 1.82) is 0 Å². The van der Waals surface area contributed by atoms with Gasteiger partial charge in [0.2, 0.25) is 16.9 Å². The molecule has 12 heteroatoms. The van der Waals surface area contributed by atoms with Gasteiger partial charge < -0.3 is 24.4 Å². The Morgan fingerprint density at radius 2 is 1.94 bits per heavy atom. The van der Waals surface area contributed by atoms with Crippen molar-refractivity contribution < 1.29 is 18.8 Å². The fraction of sp³-hybridized carbons (Fsp3) is 0.409. The Kier molecular flexibility index (Phi) is 8.01. The molecule has 10 nitrogen and oxygen atoms in total. The van der Waals surface area contributed by atoms with Gasteiger partial charge in [0.1, 0.15) is 11.5 Å². The van der Waals surface area contributed by atoms with Crippen LogP contribution in [0.1, 0.15) is 18.2 Å². The third-order valence-corrected chi connectivity index (χ3v) is 7.23. The second-order valence-corrected chi connectivity index (χ2v) is 9.81. The highest BCUT2D eigenvalue weighted by Gasteiger charge is 2.23. The highest BCUT2D eigenvalue weighted by molar-refractivity contribution is 8.01. The summed E-state index contributed by atoms with van der Waals surface area (Å²) < 4.78 is 11.1. The van der Waals surface area contributed by atoms with E-state index in [9.17, 15) is 9.59 Å². The summed E-state index contributed by atoms with van der Waals surface area (Å²) in [4.78, 5) is 28.8. The van der Waals surface area contributed by atoms with Gasteiger partial charge in [-0.3, -0.25) is 9.59 Å². The van der Waals surface area contributed by atoms with Gasteiger partial charge in [-0.2, -0.15) is 0 Å². The lowest BCUT2D eigenvalue weighted by Gasteiger charge is -2.34.